The number of rotatable bonds is 5. The Kier molecular flexibility index (Phi) is 2.73. The molecule has 1 heterocycles. The van der Waals surface area contributed by atoms with E-state index in [-0.39, 0.29) is 9.62 Å². The third-order valence-electron chi connectivity index (χ3n) is 3.91. The maximum Gasteiger partial charge on any atom is 0.250 e. The summed E-state index contributed by atoms with van der Waals surface area (Å²) in [6.45, 7) is 0.555. The zero-order chi connectivity index (χ0) is 12.8. The van der Waals surface area contributed by atoms with Crippen molar-refractivity contribution >= 4 is 21.4 Å². The second kappa shape index (κ2) is 4.05. The molecule has 1 aromatic rings. The quantitative estimate of drug-likeness (QED) is 0.899. The fourth-order valence-electron chi connectivity index (χ4n) is 2.42. The SMILES string of the molecule is N#Cc1ccc(S(=O)(=O)NCC2(C3CC3)CC2)s1. The number of hydrogen-bond donors (Lipinski definition) is 1. The van der Waals surface area contributed by atoms with Crippen LogP contribution in [0.2, 0.25) is 0 Å². The maximum absolute atomic E-state index is 12.1. The molecule has 0 unspecified atom stereocenters. The standard InChI is InChI=1S/C12H14N2O2S2/c13-7-10-3-4-11(17-10)18(15,16)14-8-12(5-6-12)9-1-2-9/h3-4,9,14H,1-2,5-6,8H2. The first-order chi connectivity index (χ1) is 8.56. The molecule has 0 saturated heterocycles. The highest BCUT2D eigenvalue weighted by atomic mass is 32.2. The second-order valence-corrected chi connectivity index (χ2v) is 8.27. The molecule has 0 aliphatic heterocycles. The summed E-state index contributed by atoms with van der Waals surface area (Å²) in [5.74, 6) is 0.734. The molecule has 2 aliphatic rings. The molecule has 0 aromatic carbocycles. The molecule has 0 atom stereocenters. The van der Waals surface area contributed by atoms with E-state index in [2.05, 4.69) is 4.72 Å². The summed E-state index contributed by atoms with van der Waals surface area (Å²) < 4.78 is 27.1. The largest absolute Gasteiger partial charge is 0.250 e. The summed E-state index contributed by atoms with van der Waals surface area (Å²) >= 11 is 1.02. The van der Waals surface area contributed by atoms with Crippen LogP contribution in [0.25, 0.3) is 0 Å². The smallest absolute Gasteiger partial charge is 0.210 e. The third kappa shape index (κ3) is 2.18. The fourth-order valence-corrected chi connectivity index (χ4v) is 4.71. The van der Waals surface area contributed by atoms with Crippen LogP contribution in [0.3, 0.4) is 0 Å². The first-order valence-electron chi connectivity index (χ1n) is 6.05. The van der Waals surface area contributed by atoms with Crippen LogP contribution in [0.4, 0.5) is 0 Å². The van der Waals surface area contributed by atoms with Crippen molar-refractivity contribution in [1.82, 2.24) is 4.72 Å². The molecule has 0 radical (unpaired) electrons. The van der Waals surface area contributed by atoms with Crippen molar-refractivity contribution in [2.45, 2.75) is 29.9 Å². The first-order valence-corrected chi connectivity index (χ1v) is 8.35. The molecule has 0 amide bonds. The van der Waals surface area contributed by atoms with Gasteiger partial charge in [0.25, 0.3) is 0 Å². The summed E-state index contributed by atoms with van der Waals surface area (Å²) in [6, 6.07) is 5.01. The van der Waals surface area contributed by atoms with Crippen LogP contribution in [-0.4, -0.2) is 15.0 Å². The lowest BCUT2D eigenvalue weighted by atomic mass is 10.0. The van der Waals surface area contributed by atoms with Crippen LogP contribution in [0.1, 0.15) is 30.6 Å². The van der Waals surface area contributed by atoms with Gasteiger partial charge in [-0.1, -0.05) is 0 Å². The van der Waals surface area contributed by atoms with Crippen molar-refractivity contribution in [1.29, 1.82) is 5.26 Å². The molecule has 6 heteroatoms. The molecule has 2 aliphatic carbocycles. The van der Waals surface area contributed by atoms with Crippen molar-refractivity contribution < 1.29 is 8.42 Å². The topological polar surface area (TPSA) is 70.0 Å². The van der Waals surface area contributed by atoms with Crippen LogP contribution in [-0.2, 0) is 10.0 Å². The minimum atomic E-state index is -3.43. The highest BCUT2D eigenvalue weighted by molar-refractivity contribution is 7.91. The summed E-state index contributed by atoms with van der Waals surface area (Å²) in [7, 11) is -3.43. The fraction of sp³-hybridized carbons (Fsp3) is 0.583. The average Bonchev–Trinajstić information content (AvgIpc) is 3.24. The second-order valence-electron chi connectivity index (χ2n) is 5.19. The van der Waals surface area contributed by atoms with Crippen LogP contribution >= 0.6 is 11.3 Å². The molecule has 2 fully saturated rings. The van der Waals surface area contributed by atoms with Crippen LogP contribution in [0.15, 0.2) is 16.3 Å². The van der Waals surface area contributed by atoms with E-state index < -0.39 is 10.0 Å². The predicted octanol–water partition coefficient (Wildman–Crippen LogP) is 2.09. The Morgan fingerprint density at radius 1 is 1.44 bits per heavy atom. The highest BCUT2D eigenvalue weighted by Crippen LogP contribution is 2.60. The zero-order valence-corrected chi connectivity index (χ0v) is 11.5. The molecular formula is C12H14N2O2S2. The summed E-state index contributed by atoms with van der Waals surface area (Å²) in [6.07, 6.45) is 4.79. The molecule has 3 rings (SSSR count). The number of thiophene rings is 1. The van der Waals surface area contributed by atoms with E-state index in [1.165, 1.54) is 18.9 Å². The van der Waals surface area contributed by atoms with E-state index in [1.807, 2.05) is 6.07 Å². The third-order valence-corrected chi connectivity index (χ3v) is 6.79. The Morgan fingerprint density at radius 2 is 2.17 bits per heavy atom. The van der Waals surface area contributed by atoms with Crippen molar-refractivity contribution in [2.75, 3.05) is 6.54 Å². The van der Waals surface area contributed by atoms with Gasteiger partial charge in [0, 0.05) is 6.54 Å². The molecule has 0 spiro atoms. The van der Waals surface area contributed by atoms with Crippen molar-refractivity contribution in [3.05, 3.63) is 17.0 Å². The molecule has 2 saturated carbocycles. The zero-order valence-electron chi connectivity index (χ0n) is 9.85. The molecule has 4 nitrogen and oxygen atoms in total. The van der Waals surface area contributed by atoms with Crippen LogP contribution in [0, 0.1) is 22.7 Å². The van der Waals surface area contributed by atoms with Crippen molar-refractivity contribution in [2.24, 2.45) is 11.3 Å². The van der Waals surface area contributed by atoms with E-state index in [9.17, 15) is 8.42 Å². The monoisotopic (exact) mass is 282 g/mol. The highest BCUT2D eigenvalue weighted by Gasteiger charge is 2.53. The molecule has 18 heavy (non-hydrogen) atoms. The van der Waals surface area contributed by atoms with Crippen molar-refractivity contribution in [3.8, 4) is 6.07 Å². The number of hydrogen-bond acceptors (Lipinski definition) is 4. The van der Waals surface area contributed by atoms with Gasteiger partial charge in [0.05, 0.1) is 0 Å². The van der Waals surface area contributed by atoms with Gasteiger partial charge in [0.1, 0.15) is 15.2 Å². The number of nitrogens with zero attached hydrogens (tertiary/aromatic N) is 1. The van der Waals surface area contributed by atoms with Crippen LogP contribution < -0.4 is 4.72 Å². The Balaban J connectivity index is 1.69. The van der Waals surface area contributed by atoms with E-state index in [0.717, 1.165) is 30.1 Å². The minimum Gasteiger partial charge on any atom is -0.210 e. The van der Waals surface area contributed by atoms with Gasteiger partial charge in [-0.25, -0.2) is 13.1 Å². The van der Waals surface area contributed by atoms with Gasteiger partial charge in [0.15, 0.2) is 0 Å². The summed E-state index contributed by atoms with van der Waals surface area (Å²) in [5.41, 5.74) is 0.252. The Hall–Kier alpha value is -0.900. The maximum atomic E-state index is 12.1. The Bertz CT molecular complexity index is 604. The van der Waals surface area contributed by atoms with E-state index in [1.54, 1.807) is 6.07 Å². The molecule has 1 N–H and O–H groups in total. The van der Waals surface area contributed by atoms with Gasteiger partial charge in [-0.05, 0) is 49.1 Å². The Morgan fingerprint density at radius 3 is 2.67 bits per heavy atom. The Labute approximate surface area is 111 Å². The van der Waals surface area contributed by atoms with Gasteiger partial charge in [0.2, 0.25) is 10.0 Å². The van der Waals surface area contributed by atoms with Gasteiger partial charge in [-0.15, -0.1) is 11.3 Å². The number of sulfonamides is 1. The minimum absolute atomic E-state index is 0.241. The molecular weight excluding hydrogens is 268 g/mol. The lowest BCUT2D eigenvalue weighted by Crippen LogP contribution is -2.30. The molecule has 96 valence electrons. The van der Waals surface area contributed by atoms with Crippen molar-refractivity contribution in [3.63, 3.8) is 0 Å². The van der Waals surface area contributed by atoms with E-state index in [0.29, 0.717) is 11.4 Å². The predicted molar refractivity (Wildman–Crippen MR) is 68.6 cm³/mol. The van der Waals surface area contributed by atoms with Gasteiger partial charge < -0.3 is 0 Å². The average molecular weight is 282 g/mol. The van der Waals surface area contributed by atoms with E-state index in [4.69, 9.17) is 5.26 Å². The normalized spacial score (nSPS) is 21.5. The van der Waals surface area contributed by atoms with Gasteiger partial charge in [-0.2, -0.15) is 5.26 Å². The van der Waals surface area contributed by atoms with Gasteiger partial charge >= 0.3 is 0 Å². The van der Waals surface area contributed by atoms with Gasteiger partial charge in [-0.3, -0.25) is 0 Å². The lowest BCUT2D eigenvalue weighted by molar-refractivity contribution is 0.432. The summed E-state index contributed by atoms with van der Waals surface area (Å²) in [5, 5.41) is 8.71. The first kappa shape index (κ1) is 12.2. The lowest BCUT2D eigenvalue weighted by Gasteiger charge is -2.14. The number of nitrogens with one attached hydrogen (secondary N) is 1. The van der Waals surface area contributed by atoms with Crippen LogP contribution in [0.5, 0.6) is 0 Å². The number of nitriles is 1. The molecule has 1 aromatic heterocycles. The van der Waals surface area contributed by atoms with E-state index >= 15 is 0 Å². The molecule has 0 bridgehead atoms. The summed E-state index contributed by atoms with van der Waals surface area (Å²) in [4.78, 5) is 0.429.